The number of carbonyl (C=O) groups is 2. The fourth-order valence-corrected chi connectivity index (χ4v) is 5.33. The zero-order valence-corrected chi connectivity index (χ0v) is 24.2. The van der Waals surface area contributed by atoms with Gasteiger partial charge in [0.15, 0.2) is 0 Å². The van der Waals surface area contributed by atoms with Gasteiger partial charge in [0.05, 0.1) is 11.9 Å². The summed E-state index contributed by atoms with van der Waals surface area (Å²) in [5.41, 5.74) is 3.33. The summed E-state index contributed by atoms with van der Waals surface area (Å²) in [6.45, 7) is 8.78. The van der Waals surface area contributed by atoms with E-state index in [0.717, 1.165) is 35.8 Å². The van der Waals surface area contributed by atoms with Crippen molar-refractivity contribution in [3.8, 4) is 0 Å². The van der Waals surface area contributed by atoms with Crippen molar-refractivity contribution in [3.05, 3.63) is 64.2 Å². The van der Waals surface area contributed by atoms with Gasteiger partial charge in [-0.1, -0.05) is 67.8 Å². The second-order valence-corrected chi connectivity index (χ2v) is 11.8. The molecule has 0 aliphatic rings. The Labute approximate surface area is 227 Å². The fourth-order valence-electron chi connectivity index (χ4n) is 4.15. The molecule has 0 bridgehead atoms. The smallest absolute Gasteiger partial charge is 0.242 e. The van der Waals surface area contributed by atoms with Crippen molar-refractivity contribution in [2.75, 3.05) is 23.7 Å². The van der Waals surface area contributed by atoms with E-state index < -0.39 is 16.1 Å². The predicted molar refractivity (Wildman–Crippen MR) is 151 cm³/mol. The molecule has 1 N–H and O–H groups in total. The summed E-state index contributed by atoms with van der Waals surface area (Å²) in [4.78, 5) is 28.1. The van der Waals surface area contributed by atoms with Crippen LogP contribution in [-0.2, 0) is 26.2 Å². The van der Waals surface area contributed by atoms with E-state index in [9.17, 15) is 18.0 Å². The summed E-state index contributed by atoms with van der Waals surface area (Å²) in [6.07, 6.45) is 3.87. The fraction of sp³-hybridized carbons (Fsp3) is 0.500. The quantitative estimate of drug-likeness (QED) is 0.327. The maximum Gasteiger partial charge on any atom is 0.242 e. The van der Waals surface area contributed by atoms with Gasteiger partial charge in [0.2, 0.25) is 21.8 Å². The van der Waals surface area contributed by atoms with Crippen LogP contribution in [0.3, 0.4) is 0 Å². The lowest BCUT2D eigenvalue weighted by Gasteiger charge is -2.31. The Morgan fingerprint density at radius 3 is 2.30 bits per heavy atom. The summed E-state index contributed by atoms with van der Waals surface area (Å²) in [5.74, 6) is -0.349. The number of benzene rings is 2. The number of halogens is 1. The molecule has 1 atom stereocenters. The van der Waals surface area contributed by atoms with Gasteiger partial charge < -0.3 is 10.2 Å². The average Bonchev–Trinajstić information content (AvgIpc) is 2.84. The SMILES string of the molecule is CCCCNC(=O)[C@H](CC)N(Cc1ccc(C)cc1)C(=O)CCCN(c1cc(Cl)ccc1C)S(C)(=O)=O. The molecule has 9 heteroatoms. The Bertz CT molecular complexity index is 1150. The third-order valence-corrected chi connectivity index (χ3v) is 7.70. The van der Waals surface area contributed by atoms with E-state index in [1.54, 1.807) is 23.1 Å². The van der Waals surface area contributed by atoms with Crippen molar-refractivity contribution < 1.29 is 18.0 Å². The second-order valence-electron chi connectivity index (χ2n) is 9.45. The van der Waals surface area contributed by atoms with E-state index in [0.29, 0.717) is 36.6 Å². The van der Waals surface area contributed by atoms with Crippen molar-refractivity contribution in [2.45, 2.75) is 72.4 Å². The van der Waals surface area contributed by atoms with Crippen molar-refractivity contribution in [3.63, 3.8) is 0 Å². The third kappa shape index (κ3) is 9.34. The number of sulfonamides is 1. The molecule has 37 heavy (non-hydrogen) atoms. The van der Waals surface area contributed by atoms with Crippen LogP contribution in [0.5, 0.6) is 0 Å². The van der Waals surface area contributed by atoms with Crippen LogP contribution in [-0.4, -0.2) is 50.5 Å². The minimum Gasteiger partial charge on any atom is -0.354 e. The van der Waals surface area contributed by atoms with Gasteiger partial charge in [0, 0.05) is 31.1 Å². The number of nitrogens with zero attached hydrogens (tertiary/aromatic N) is 2. The topological polar surface area (TPSA) is 86.8 Å². The molecule has 2 aromatic rings. The summed E-state index contributed by atoms with van der Waals surface area (Å²) in [6, 6.07) is 12.4. The van der Waals surface area contributed by atoms with Gasteiger partial charge >= 0.3 is 0 Å². The van der Waals surface area contributed by atoms with Crippen molar-refractivity contribution in [1.82, 2.24) is 10.2 Å². The monoisotopic (exact) mass is 549 g/mol. The van der Waals surface area contributed by atoms with Gasteiger partial charge in [-0.2, -0.15) is 0 Å². The van der Waals surface area contributed by atoms with Gasteiger partial charge in [0.1, 0.15) is 6.04 Å². The Balaban J connectivity index is 2.22. The molecule has 0 radical (unpaired) electrons. The van der Waals surface area contributed by atoms with Crippen molar-refractivity contribution >= 4 is 39.1 Å². The van der Waals surface area contributed by atoms with Crippen LogP contribution < -0.4 is 9.62 Å². The molecular formula is C28H40ClN3O4S. The highest BCUT2D eigenvalue weighted by Gasteiger charge is 2.29. The zero-order valence-electron chi connectivity index (χ0n) is 22.6. The van der Waals surface area contributed by atoms with Gasteiger partial charge in [-0.15, -0.1) is 0 Å². The standard InChI is InChI=1S/C28H40ClN3O4S/c1-6-8-17-30-28(34)25(7-2)31(20-23-14-11-21(3)12-15-23)27(33)10-9-18-32(37(5,35)36)26-19-24(29)16-13-22(26)4/h11-16,19,25H,6-10,17-18,20H2,1-5H3,(H,30,34)/t25-/m0/s1. The van der Waals surface area contributed by atoms with Gasteiger partial charge in [-0.3, -0.25) is 13.9 Å². The maximum atomic E-state index is 13.5. The van der Waals surface area contributed by atoms with E-state index in [1.807, 2.05) is 45.0 Å². The Kier molecular flexibility index (Phi) is 11.9. The summed E-state index contributed by atoms with van der Waals surface area (Å²) >= 11 is 6.13. The summed E-state index contributed by atoms with van der Waals surface area (Å²) < 4.78 is 26.4. The number of anilines is 1. The van der Waals surface area contributed by atoms with Crippen LogP contribution in [0.2, 0.25) is 5.02 Å². The number of nitrogens with one attached hydrogen (secondary N) is 1. The van der Waals surface area contributed by atoms with Crippen LogP contribution >= 0.6 is 11.6 Å². The number of hydrogen-bond acceptors (Lipinski definition) is 4. The highest BCUT2D eigenvalue weighted by molar-refractivity contribution is 7.92. The van der Waals surface area contributed by atoms with E-state index >= 15 is 0 Å². The molecule has 0 aliphatic carbocycles. The summed E-state index contributed by atoms with van der Waals surface area (Å²) in [5, 5.41) is 3.40. The molecule has 2 amide bonds. The lowest BCUT2D eigenvalue weighted by atomic mass is 10.1. The number of hydrogen-bond donors (Lipinski definition) is 1. The molecule has 0 unspecified atom stereocenters. The first-order valence-corrected chi connectivity index (χ1v) is 15.1. The van der Waals surface area contributed by atoms with Crippen LogP contribution in [0.25, 0.3) is 0 Å². The lowest BCUT2D eigenvalue weighted by molar-refractivity contribution is -0.141. The minimum absolute atomic E-state index is 0.107. The molecule has 0 aliphatic heterocycles. The zero-order chi connectivity index (χ0) is 27.6. The van der Waals surface area contributed by atoms with Crippen LogP contribution in [0.1, 0.15) is 62.6 Å². The molecule has 0 spiro atoms. The Morgan fingerprint density at radius 1 is 1.03 bits per heavy atom. The van der Waals surface area contributed by atoms with Crippen LogP contribution in [0.15, 0.2) is 42.5 Å². The number of carbonyl (C=O) groups excluding carboxylic acids is 2. The molecule has 2 rings (SSSR count). The average molecular weight is 550 g/mol. The van der Waals surface area contributed by atoms with Crippen LogP contribution in [0.4, 0.5) is 5.69 Å². The van der Waals surface area contributed by atoms with Crippen molar-refractivity contribution in [1.29, 1.82) is 0 Å². The molecule has 0 fully saturated rings. The lowest BCUT2D eigenvalue weighted by Crippen LogP contribution is -2.49. The number of rotatable bonds is 14. The molecular weight excluding hydrogens is 510 g/mol. The maximum absolute atomic E-state index is 13.5. The molecule has 0 heterocycles. The third-order valence-electron chi connectivity index (χ3n) is 6.28. The predicted octanol–water partition coefficient (Wildman–Crippen LogP) is 5.23. The van der Waals surface area contributed by atoms with Gasteiger partial charge in [0.25, 0.3) is 0 Å². The first kappa shape index (κ1) is 30.6. The first-order chi connectivity index (χ1) is 17.5. The normalized spacial score (nSPS) is 12.2. The molecule has 0 saturated heterocycles. The molecule has 204 valence electrons. The van der Waals surface area contributed by atoms with E-state index in [2.05, 4.69) is 12.2 Å². The van der Waals surface area contributed by atoms with Gasteiger partial charge in [-0.05, 0) is 56.4 Å². The van der Waals surface area contributed by atoms with E-state index in [-0.39, 0.29) is 24.8 Å². The molecule has 0 saturated carbocycles. The number of amides is 2. The first-order valence-electron chi connectivity index (χ1n) is 12.8. The minimum atomic E-state index is -3.59. The van der Waals surface area contributed by atoms with E-state index in [1.165, 1.54) is 4.31 Å². The molecule has 7 nitrogen and oxygen atoms in total. The highest BCUT2D eigenvalue weighted by atomic mass is 35.5. The van der Waals surface area contributed by atoms with Gasteiger partial charge in [-0.25, -0.2) is 8.42 Å². The van der Waals surface area contributed by atoms with Crippen molar-refractivity contribution in [2.24, 2.45) is 0 Å². The largest absolute Gasteiger partial charge is 0.354 e. The molecule has 0 aromatic heterocycles. The Hall–Kier alpha value is -2.58. The summed E-state index contributed by atoms with van der Waals surface area (Å²) in [7, 11) is -3.59. The number of aryl methyl sites for hydroxylation is 2. The highest BCUT2D eigenvalue weighted by Crippen LogP contribution is 2.27. The molecule has 2 aromatic carbocycles. The van der Waals surface area contributed by atoms with Crippen LogP contribution in [0, 0.1) is 13.8 Å². The Morgan fingerprint density at radius 2 is 1.70 bits per heavy atom. The number of unbranched alkanes of at least 4 members (excludes halogenated alkanes) is 1. The second kappa shape index (κ2) is 14.4. The van der Waals surface area contributed by atoms with E-state index in [4.69, 9.17) is 11.6 Å².